The summed E-state index contributed by atoms with van der Waals surface area (Å²) < 4.78 is 5.12. The van der Waals surface area contributed by atoms with E-state index in [2.05, 4.69) is 5.32 Å². The fourth-order valence-electron chi connectivity index (χ4n) is 1.32. The lowest BCUT2D eigenvalue weighted by molar-refractivity contribution is -0.120. The highest BCUT2D eigenvalue weighted by Crippen LogP contribution is 2.28. The number of nitrogens with one attached hydrogen (secondary N) is 2. The number of hydrogen-bond acceptors (Lipinski definition) is 4. The number of anilines is 1. The first kappa shape index (κ1) is 14.1. The normalized spacial score (nSPS) is 11.5. The van der Waals surface area contributed by atoms with Crippen LogP contribution >= 0.6 is 11.6 Å². The third kappa shape index (κ3) is 3.81. The van der Waals surface area contributed by atoms with E-state index in [9.17, 15) is 9.59 Å². The minimum Gasteiger partial charge on any atom is -0.495 e. The van der Waals surface area contributed by atoms with Crippen molar-refractivity contribution in [1.82, 2.24) is 5.32 Å². The number of carbonyl (C=O) groups excluding carboxylic acids is 2. The molecular formula is C11H14ClN3O3. The minimum absolute atomic E-state index is 0.501. The molecule has 3 amide bonds. The number of imide groups is 1. The van der Waals surface area contributed by atoms with Gasteiger partial charge in [-0.15, -0.1) is 0 Å². The molecule has 1 rings (SSSR count). The Morgan fingerprint density at radius 2 is 2.11 bits per heavy atom. The molecule has 6 nitrogen and oxygen atoms in total. The molecule has 0 aromatic heterocycles. The molecule has 0 aliphatic heterocycles. The van der Waals surface area contributed by atoms with Crippen LogP contribution in [0.3, 0.4) is 0 Å². The van der Waals surface area contributed by atoms with Crippen molar-refractivity contribution in [2.45, 2.75) is 13.0 Å². The number of nitrogens with two attached hydrogens (primary N) is 1. The first-order valence-corrected chi connectivity index (χ1v) is 5.52. The average molecular weight is 272 g/mol. The summed E-state index contributed by atoms with van der Waals surface area (Å²) in [5, 5.41) is 5.36. The maximum Gasteiger partial charge on any atom is 0.318 e. The van der Waals surface area contributed by atoms with Crippen molar-refractivity contribution < 1.29 is 14.3 Å². The summed E-state index contributed by atoms with van der Waals surface area (Å²) in [5.74, 6) is 0.00246. The van der Waals surface area contributed by atoms with E-state index in [1.165, 1.54) is 7.11 Å². The van der Waals surface area contributed by atoms with E-state index >= 15 is 0 Å². The number of primary amides is 1. The van der Waals surface area contributed by atoms with Crippen molar-refractivity contribution in [2.75, 3.05) is 12.4 Å². The molecule has 0 aliphatic rings. The van der Waals surface area contributed by atoms with Gasteiger partial charge in [0.15, 0.2) is 0 Å². The maximum atomic E-state index is 11.5. The Morgan fingerprint density at radius 1 is 1.44 bits per heavy atom. The van der Waals surface area contributed by atoms with Crippen molar-refractivity contribution in [3.05, 3.63) is 23.2 Å². The predicted molar refractivity (Wildman–Crippen MR) is 68.8 cm³/mol. The topological polar surface area (TPSA) is 93.4 Å². The second kappa shape index (κ2) is 6.11. The number of methoxy groups -OCH3 is 1. The standard InChI is InChI=1S/C11H14ClN3O3/c1-6(10(16)15-11(13)17)14-8-5-7(12)3-4-9(8)18-2/h3-6,14H,1-2H3,(H3,13,15,16,17). The molecule has 1 unspecified atom stereocenters. The molecule has 0 radical (unpaired) electrons. The first-order valence-electron chi connectivity index (χ1n) is 5.14. The van der Waals surface area contributed by atoms with Crippen molar-refractivity contribution >= 4 is 29.2 Å². The lowest BCUT2D eigenvalue weighted by Crippen LogP contribution is -2.43. The summed E-state index contributed by atoms with van der Waals surface area (Å²) in [4.78, 5) is 22.1. The van der Waals surface area contributed by atoms with E-state index in [-0.39, 0.29) is 0 Å². The molecule has 1 aromatic rings. The number of ether oxygens (including phenoxy) is 1. The van der Waals surface area contributed by atoms with Gasteiger partial charge in [-0.2, -0.15) is 0 Å². The minimum atomic E-state index is -0.897. The summed E-state index contributed by atoms with van der Waals surface area (Å²) in [5.41, 5.74) is 5.41. The third-order valence-corrected chi connectivity index (χ3v) is 2.41. The van der Waals surface area contributed by atoms with Gasteiger partial charge in [-0.05, 0) is 25.1 Å². The van der Waals surface area contributed by atoms with E-state index in [1.807, 2.05) is 5.32 Å². The Hall–Kier alpha value is -1.95. The van der Waals surface area contributed by atoms with Crippen LogP contribution < -0.4 is 21.1 Å². The fourth-order valence-corrected chi connectivity index (χ4v) is 1.49. The molecule has 0 spiro atoms. The fraction of sp³-hybridized carbons (Fsp3) is 0.273. The van der Waals surface area contributed by atoms with Gasteiger partial charge in [0.2, 0.25) is 5.91 Å². The molecule has 0 saturated heterocycles. The number of carbonyl (C=O) groups is 2. The van der Waals surface area contributed by atoms with E-state index in [0.717, 1.165) is 0 Å². The van der Waals surface area contributed by atoms with Crippen LogP contribution in [0.4, 0.5) is 10.5 Å². The largest absolute Gasteiger partial charge is 0.495 e. The SMILES string of the molecule is COc1ccc(Cl)cc1NC(C)C(=O)NC(N)=O. The zero-order valence-corrected chi connectivity index (χ0v) is 10.7. The second-order valence-electron chi connectivity index (χ2n) is 3.56. The zero-order chi connectivity index (χ0) is 13.7. The summed E-state index contributed by atoms with van der Waals surface area (Å²) in [7, 11) is 1.50. The Balaban J connectivity index is 2.80. The first-order chi connectivity index (χ1) is 8.43. The molecule has 18 heavy (non-hydrogen) atoms. The van der Waals surface area contributed by atoms with Gasteiger partial charge in [0.25, 0.3) is 0 Å². The van der Waals surface area contributed by atoms with Gasteiger partial charge in [0.05, 0.1) is 12.8 Å². The number of rotatable bonds is 4. The molecule has 1 atom stereocenters. The monoisotopic (exact) mass is 271 g/mol. The number of urea groups is 1. The van der Waals surface area contributed by atoms with Crippen LogP contribution in [0.1, 0.15) is 6.92 Å². The highest BCUT2D eigenvalue weighted by molar-refractivity contribution is 6.31. The van der Waals surface area contributed by atoms with Crippen LogP contribution in [0.5, 0.6) is 5.75 Å². The molecule has 0 aliphatic carbocycles. The lowest BCUT2D eigenvalue weighted by atomic mass is 10.2. The Kier molecular flexibility index (Phi) is 4.79. The van der Waals surface area contributed by atoms with Crippen LogP contribution in [0, 0.1) is 0 Å². The summed E-state index contributed by atoms with van der Waals surface area (Å²) in [6.07, 6.45) is 0. The van der Waals surface area contributed by atoms with Crippen molar-refractivity contribution in [1.29, 1.82) is 0 Å². The zero-order valence-electron chi connectivity index (χ0n) is 9.99. The van der Waals surface area contributed by atoms with Crippen LogP contribution in [0.15, 0.2) is 18.2 Å². The van der Waals surface area contributed by atoms with Gasteiger partial charge >= 0.3 is 6.03 Å². The summed E-state index contributed by atoms with van der Waals surface area (Å²) in [6.45, 7) is 1.58. The van der Waals surface area contributed by atoms with Gasteiger partial charge in [0, 0.05) is 5.02 Å². The Morgan fingerprint density at radius 3 is 2.67 bits per heavy atom. The van der Waals surface area contributed by atoms with E-state index in [1.54, 1.807) is 25.1 Å². The number of benzene rings is 1. The summed E-state index contributed by atoms with van der Waals surface area (Å²) in [6, 6.07) is 3.40. The number of hydrogen-bond donors (Lipinski definition) is 3. The van der Waals surface area contributed by atoms with Gasteiger partial charge in [-0.1, -0.05) is 11.6 Å². The molecule has 0 bridgehead atoms. The quantitative estimate of drug-likeness (QED) is 0.770. The van der Waals surface area contributed by atoms with Crippen LogP contribution in [-0.4, -0.2) is 25.1 Å². The second-order valence-corrected chi connectivity index (χ2v) is 4.00. The van der Waals surface area contributed by atoms with Crippen molar-refractivity contribution in [2.24, 2.45) is 5.73 Å². The van der Waals surface area contributed by atoms with Crippen LogP contribution in [0.2, 0.25) is 5.02 Å². The van der Waals surface area contributed by atoms with Gasteiger partial charge in [0.1, 0.15) is 11.8 Å². The predicted octanol–water partition coefficient (Wildman–Crippen LogP) is 1.34. The number of halogens is 1. The molecule has 1 aromatic carbocycles. The van der Waals surface area contributed by atoms with Crippen LogP contribution in [0.25, 0.3) is 0 Å². The highest BCUT2D eigenvalue weighted by atomic mass is 35.5. The smallest absolute Gasteiger partial charge is 0.318 e. The molecule has 0 saturated carbocycles. The molecular weight excluding hydrogens is 258 g/mol. The van der Waals surface area contributed by atoms with Crippen molar-refractivity contribution in [3.63, 3.8) is 0 Å². The third-order valence-electron chi connectivity index (χ3n) is 2.17. The maximum absolute atomic E-state index is 11.5. The van der Waals surface area contributed by atoms with Gasteiger partial charge < -0.3 is 15.8 Å². The molecule has 98 valence electrons. The van der Waals surface area contributed by atoms with E-state index in [4.69, 9.17) is 22.1 Å². The average Bonchev–Trinajstić information content (AvgIpc) is 2.28. The lowest BCUT2D eigenvalue weighted by Gasteiger charge is -2.16. The van der Waals surface area contributed by atoms with Gasteiger partial charge in [-0.3, -0.25) is 10.1 Å². The summed E-state index contributed by atoms with van der Waals surface area (Å²) >= 11 is 5.85. The molecule has 0 fully saturated rings. The number of amides is 3. The van der Waals surface area contributed by atoms with Crippen LogP contribution in [-0.2, 0) is 4.79 Å². The molecule has 7 heteroatoms. The Labute approximate surface area is 109 Å². The van der Waals surface area contributed by atoms with Crippen molar-refractivity contribution in [3.8, 4) is 5.75 Å². The highest BCUT2D eigenvalue weighted by Gasteiger charge is 2.16. The van der Waals surface area contributed by atoms with Gasteiger partial charge in [-0.25, -0.2) is 4.79 Å². The van der Waals surface area contributed by atoms with E-state index < -0.39 is 18.0 Å². The van der Waals surface area contributed by atoms with E-state index in [0.29, 0.717) is 16.5 Å². The molecule has 4 N–H and O–H groups in total. The Bertz CT molecular complexity index is 465. The molecule has 0 heterocycles.